The van der Waals surface area contributed by atoms with Crippen LogP contribution < -0.4 is 4.74 Å². The second-order valence-corrected chi connectivity index (χ2v) is 9.05. The third-order valence-electron chi connectivity index (χ3n) is 4.72. The monoisotopic (exact) mass is 363 g/mol. The van der Waals surface area contributed by atoms with Gasteiger partial charge in [-0.15, -0.1) is 0 Å². The summed E-state index contributed by atoms with van der Waals surface area (Å²) in [6.07, 6.45) is 3.85. The summed E-state index contributed by atoms with van der Waals surface area (Å²) in [5.74, 6) is 1.64. The summed E-state index contributed by atoms with van der Waals surface area (Å²) < 4.78 is 8.10. The SMILES string of the molecule is CC(C)(C)c1ccc(Oc2cc(O)c(-n3cccc3)cc2C(C)(C)C)cc1. The smallest absolute Gasteiger partial charge is 0.143 e. The molecule has 27 heavy (non-hydrogen) atoms. The van der Waals surface area contributed by atoms with E-state index >= 15 is 0 Å². The van der Waals surface area contributed by atoms with Crippen LogP contribution in [-0.2, 0) is 10.8 Å². The fourth-order valence-corrected chi connectivity index (χ4v) is 3.08. The quantitative estimate of drug-likeness (QED) is 0.571. The first-order chi connectivity index (χ1) is 12.6. The second kappa shape index (κ2) is 6.80. The van der Waals surface area contributed by atoms with E-state index in [1.807, 2.05) is 47.3 Å². The van der Waals surface area contributed by atoms with E-state index in [1.54, 1.807) is 6.07 Å². The number of rotatable bonds is 3. The van der Waals surface area contributed by atoms with Crippen molar-refractivity contribution < 1.29 is 9.84 Å². The zero-order valence-electron chi connectivity index (χ0n) is 17.1. The molecule has 1 aromatic heterocycles. The standard InChI is InChI=1S/C24H29NO2/c1-23(2,3)17-9-11-18(12-10-17)27-22-16-21(26)20(25-13-7-8-14-25)15-19(22)24(4,5)6/h7-16,26H,1-6H3. The highest BCUT2D eigenvalue weighted by molar-refractivity contribution is 5.57. The molecule has 0 radical (unpaired) electrons. The molecule has 0 aliphatic heterocycles. The van der Waals surface area contributed by atoms with Crippen molar-refractivity contribution in [2.24, 2.45) is 0 Å². The molecule has 0 saturated carbocycles. The van der Waals surface area contributed by atoms with Gasteiger partial charge in [0.1, 0.15) is 17.2 Å². The Labute approximate surface area is 162 Å². The maximum absolute atomic E-state index is 10.6. The maximum Gasteiger partial charge on any atom is 0.143 e. The highest BCUT2D eigenvalue weighted by Crippen LogP contribution is 2.40. The Morgan fingerprint density at radius 1 is 0.815 bits per heavy atom. The van der Waals surface area contributed by atoms with Crippen LogP contribution in [0, 0.1) is 0 Å². The zero-order valence-corrected chi connectivity index (χ0v) is 17.1. The van der Waals surface area contributed by atoms with Crippen LogP contribution >= 0.6 is 0 Å². The average molecular weight is 364 g/mol. The van der Waals surface area contributed by atoms with Crippen molar-refractivity contribution in [3.05, 3.63) is 72.1 Å². The van der Waals surface area contributed by atoms with Crippen LogP contribution in [0.4, 0.5) is 0 Å². The number of nitrogens with zero attached hydrogens (tertiary/aromatic N) is 1. The summed E-state index contributed by atoms with van der Waals surface area (Å²) in [7, 11) is 0. The van der Waals surface area contributed by atoms with Crippen molar-refractivity contribution in [3.63, 3.8) is 0 Å². The van der Waals surface area contributed by atoms with Gasteiger partial charge in [0.25, 0.3) is 0 Å². The van der Waals surface area contributed by atoms with Gasteiger partial charge in [-0.3, -0.25) is 0 Å². The predicted molar refractivity (Wildman–Crippen MR) is 111 cm³/mol. The molecular weight excluding hydrogens is 334 g/mol. The number of benzene rings is 2. The van der Waals surface area contributed by atoms with Crippen LogP contribution in [-0.4, -0.2) is 9.67 Å². The summed E-state index contributed by atoms with van der Waals surface area (Å²) in [6, 6.07) is 15.8. The normalized spacial score (nSPS) is 12.2. The first-order valence-corrected chi connectivity index (χ1v) is 9.35. The van der Waals surface area contributed by atoms with E-state index in [9.17, 15) is 5.11 Å². The van der Waals surface area contributed by atoms with Gasteiger partial charge in [0.15, 0.2) is 0 Å². The van der Waals surface area contributed by atoms with Crippen molar-refractivity contribution >= 4 is 0 Å². The van der Waals surface area contributed by atoms with E-state index in [2.05, 4.69) is 53.7 Å². The van der Waals surface area contributed by atoms with Crippen molar-refractivity contribution in [3.8, 4) is 22.9 Å². The van der Waals surface area contributed by atoms with Crippen molar-refractivity contribution in [2.75, 3.05) is 0 Å². The fourth-order valence-electron chi connectivity index (χ4n) is 3.08. The van der Waals surface area contributed by atoms with Crippen molar-refractivity contribution in [1.82, 2.24) is 4.57 Å². The van der Waals surface area contributed by atoms with Gasteiger partial charge in [-0.2, -0.15) is 0 Å². The van der Waals surface area contributed by atoms with E-state index in [1.165, 1.54) is 5.56 Å². The number of hydrogen-bond donors (Lipinski definition) is 1. The van der Waals surface area contributed by atoms with E-state index < -0.39 is 0 Å². The molecule has 0 amide bonds. The molecule has 142 valence electrons. The highest BCUT2D eigenvalue weighted by Gasteiger charge is 2.23. The molecule has 3 nitrogen and oxygen atoms in total. The van der Waals surface area contributed by atoms with Gasteiger partial charge in [0.2, 0.25) is 0 Å². The zero-order chi connectivity index (χ0) is 19.8. The lowest BCUT2D eigenvalue weighted by atomic mass is 9.85. The Morgan fingerprint density at radius 2 is 1.41 bits per heavy atom. The average Bonchev–Trinajstić information content (AvgIpc) is 3.07. The number of aromatic nitrogens is 1. The minimum absolute atomic E-state index is 0.103. The molecule has 0 aliphatic rings. The molecule has 0 saturated heterocycles. The molecule has 3 aromatic rings. The van der Waals surface area contributed by atoms with Gasteiger partial charge < -0.3 is 14.4 Å². The highest BCUT2D eigenvalue weighted by atomic mass is 16.5. The van der Waals surface area contributed by atoms with Gasteiger partial charge >= 0.3 is 0 Å². The maximum atomic E-state index is 10.6. The van der Waals surface area contributed by atoms with E-state index in [0.717, 1.165) is 17.0 Å². The van der Waals surface area contributed by atoms with Crippen LogP contribution in [0.1, 0.15) is 52.7 Å². The van der Waals surface area contributed by atoms with Gasteiger partial charge in [0.05, 0.1) is 5.69 Å². The van der Waals surface area contributed by atoms with Gasteiger partial charge in [-0.25, -0.2) is 0 Å². The molecule has 0 bridgehead atoms. The molecule has 0 spiro atoms. The molecule has 0 unspecified atom stereocenters. The lowest BCUT2D eigenvalue weighted by molar-refractivity contribution is 0.437. The lowest BCUT2D eigenvalue weighted by Crippen LogP contribution is -2.13. The number of hydrogen-bond acceptors (Lipinski definition) is 2. The summed E-state index contributed by atoms with van der Waals surface area (Å²) in [6.45, 7) is 13.0. The minimum Gasteiger partial charge on any atom is -0.506 e. The number of phenols is 1. The first kappa shape index (κ1) is 19.1. The van der Waals surface area contributed by atoms with Crippen LogP contribution in [0.5, 0.6) is 17.2 Å². The second-order valence-electron chi connectivity index (χ2n) is 9.05. The lowest BCUT2D eigenvalue weighted by Gasteiger charge is -2.25. The molecule has 0 atom stereocenters. The molecule has 1 N–H and O–H groups in total. The van der Waals surface area contributed by atoms with Crippen molar-refractivity contribution in [2.45, 2.75) is 52.4 Å². The number of aromatic hydroxyl groups is 1. The van der Waals surface area contributed by atoms with Crippen LogP contribution in [0.3, 0.4) is 0 Å². The molecule has 3 rings (SSSR count). The third kappa shape index (κ3) is 4.19. The first-order valence-electron chi connectivity index (χ1n) is 9.35. The Morgan fingerprint density at radius 3 is 1.93 bits per heavy atom. The Balaban J connectivity index is 2.01. The molecule has 2 aromatic carbocycles. The van der Waals surface area contributed by atoms with Crippen LogP contribution in [0.25, 0.3) is 5.69 Å². The van der Waals surface area contributed by atoms with Crippen molar-refractivity contribution in [1.29, 1.82) is 0 Å². The molecule has 0 aliphatic carbocycles. The van der Waals surface area contributed by atoms with Gasteiger partial charge in [-0.1, -0.05) is 53.7 Å². The third-order valence-corrected chi connectivity index (χ3v) is 4.72. The molecule has 0 fully saturated rings. The Kier molecular flexibility index (Phi) is 4.81. The summed E-state index contributed by atoms with van der Waals surface area (Å²) in [5.41, 5.74) is 3.03. The summed E-state index contributed by atoms with van der Waals surface area (Å²) >= 11 is 0. The molecular formula is C24H29NO2. The Bertz CT molecular complexity index is 909. The van der Waals surface area contributed by atoms with Gasteiger partial charge in [0, 0.05) is 24.0 Å². The topological polar surface area (TPSA) is 34.4 Å². The number of phenolic OH excluding ortho intramolecular Hbond substituents is 1. The van der Waals surface area contributed by atoms with E-state index in [0.29, 0.717) is 5.75 Å². The molecule has 1 heterocycles. The van der Waals surface area contributed by atoms with E-state index in [4.69, 9.17) is 4.74 Å². The van der Waals surface area contributed by atoms with Gasteiger partial charge in [-0.05, 0) is 46.7 Å². The minimum atomic E-state index is -0.129. The predicted octanol–water partition coefficient (Wildman–Crippen LogP) is 6.57. The Hall–Kier alpha value is -2.68. The summed E-state index contributed by atoms with van der Waals surface area (Å²) in [4.78, 5) is 0. The number of ether oxygens (including phenoxy) is 1. The summed E-state index contributed by atoms with van der Waals surface area (Å²) in [5, 5.41) is 10.6. The largest absolute Gasteiger partial charge is 0.506 e. The molecule has 3 heteroatoms. The fraction of sp³-hybridized carbons (Fsp3) is 0.333. The van der Waals surface area contributed by atoms with Crippen LogP contribution in [0.2, 0.25) is 0 Å². The van der Waals surface area contributed by atoms with E-state index in [-0.39, 0.29) is 16.6 Å². The van der Waals surface area contributed by atoms with Crippen LogP contribution in [0.15, 0.2) is 60.9 Å².